The minimum absolute atomic E-state index is 0.107. The molecule has 1 saturated heterocycles. The van der Waals surface area contributed by atoms with Crippen LogP contribution in [0.25, 0.3) is 0 Å². The van der Waals surface area contributed by atoms with E-state index in [0.29, 0.717) is 19.5 Å². The first-order chi connectivity index (χ1) is 11.1. The standard InChI is InChI=1S/C16H19BrClFN2O3/c1-16(2,3)24-15(23)20-9-4-5-21(8-9)14(22)10-6-13(19)11(17)7-12(10)18/h6-7,9H,4-5,8H2,1-3H3,(H,20,23)/t9-/m1/s1. The zero-order chi connectivity index (χ0) is 18.1. The van der Waals surface area contributed by atoms with Gasteiger partial charge in [0.15, 0.2) is 0 Å². The quantitative estimate of drug-likeness (QED) is 0.735. The van der Waals surface area contributed by atoms with Crippen LogP contribution in [0.4, 0.5) is 9.18 Å². The highest BCUT2D eigenvalue weighted by Gasteiger charge is 2.30. The molecule has 5 nitrogen and oxygen atoms in total. The van der Waals surface area contributed by atoms with Gasteiger partial charge in [0, 0.05) is 13.1 Å². The third-order valence-corrected chi connectivity index (χ3v) is 4.36. The van der Waals surface area contributed by atoms with Gasteiger partial charge in [-0.3, -0.25) is 4.79 Å². The number of halogens is 3. The van der Waals surface area contributed by atoms with E-state index in [2.05, 4.69) is 21.2 Å². The fourth-order valence-corrected chi connectivity index (χ4v) is 3.11. The normalized spacial score (nSPS) is 17.8. The van der Waals surface area contributed by atoms with Gasteiger partial charge < -0.3 is 15.0 Å². The summed E-state index contributed by atoms with van der Waals surface area (Å²) in [6.45, 7) is 6.11. The number of nitrogens with one attached hydrogen (secondary N) is 1. The summed E-state index contributed by atoms with van der Waals surface area (Å²) in [5, 5.41) is 2.91. The van der Waals surface area contributed by atoms with Crippen LogP contribution in [-0.2, 0) is 4.74 Å². The molecular formula is C16H19BrClFN2O3. The molecule has 1 N–H and O–H groups in total. The summed E-state index contributed by atoms with van der Waals surface area (Å²) in [6.07, 6.45) is 0.0799. The van der Waals surface area contributed by atoms with E-state index in [0.717, 1.165) is 6.07 Å². The summed E-state index contributed by atoms with van der Waals surface area (Å²) in [7, 11) is 0. The minimum atomic E-state index is -0.583. The number of amides is 2. The van der Waals surface area contributed by atoms with Crippen LogP contribution in [0.3, 0.4) is 0 Å². The lowest BCUT2D eigenvalue weighted by Gasteiger charge is -2.22. The number of hydrogen-bond donors (Lipinski definition) is 1. The summed E-state index contributed by atoms with van der Waals surface area (Å²) in [6, 6.07) is 2.27. The zero-order valence-corrected chi connectivity index (χ0v) is 16.0. The number of carbonyl (C=O) groups is 2. The van der Waals surface area contributed by atoms with E-state index in [1.54, 1.807) is 20.8 Å². The van der Waals surface area contributed by atoms with E-state index in [4.69, 9.17) is 16.3 Å². The predicted octanol–water partition coefficient (Wildman–Crippen LogP) is 3.98. The molecule has 2 rings (SSSR count). The Labute approximate surface area is 153 Å². The summed E-state index contributed by atoms with van der Waals surface area (Å²) in [4.78, 5) is 25.8. The van der Waals surface area contributed by atoms with Gasteiger partial charge in [-0.05, 0) is 55.3 Å². The number of benzene rings is 1. The van der Waals surface area contributed by atoms with Crippen molar-refractivity contribution in [2.75, 3.05) is 13.1 Å². The molecule has 0 saturated carbocycles. The number of likely N-dealkylation sites (tertiary alicyclic amines) is 1. The molecule has 1 fully saturated rings. The number of nitrogens with zero attached hydrogens (tertiary/aromatic N) is 1. The Balaban J connectivity index is 1.99. The van der Waals surface area contributed by atoms with Gasteiger partial charge in [-0.2, -0.15) is 0 Å². The molecular weight excluding hydrogens is 403 g/mol. The second-order valence-corrected chi connectivity index (χ2v) is 7.89. The van der Waals surface area contributed by atoms with E-state index in [9.17, 15) is 14.0 Å². The second kappa shape index (κ2) is 7.27. The van der Waals surface area contributed by atoms with E-state index in [-0.39, 0.29) is 27.0 Å². The van der Waals surface area contributed by atoms with Crippen molar-refractivity contribution in [3.63, 3.8) is 0 Å². The van der Waals surface area contributed by atoms with Crippen LogP contribution < -0.4 is 5.32 Å². The first kappa shape index (κ1) is 19.0. The van der Waals surface area contributed by atoms with Crippen molar-refractivity contribution < 1.29 is 18.7 Å². The van der Waals surface area contributed by atoms with Gasteiger partial charge in [-0.15, -0.1) is 0 Å². The fourth-order valence-electron chi connectivity index (χ4n) is 2.39. The number of ether oxygens (including phenoxy) is 1. The maximum Gasteiger partial charge on any atom is 0.407 e. The Hall–Kier alpha value is -1.34. The number of carbonyl (C=O) groups excluding carboxylic acids is 2. The highest BCUT2D eigenvalue weighted by molar-refractivity contribution is 9.10. The minimum Gasteiger partial charge on any atom is -0.444 e. The van der Waals surface area contributed by atoms with Crippen molar-refractivity contribution in [2.45, 2.75) is 38.8 Å². The fraction of sp³-hybridized carbons (Fsp3) is 0.500. The van der Waals surface area contributed by atoms with Crippen molar-refractivity contribution in [3.8, 4) is 0 Å². The van der Waals surface area contributed by atoms with Crippen LogP contribution in [0.15, 0.2) is 16.6 Å². The van der Waals surface area contributed by atoms with Gasteiger partial charge in [-0.25, -0.2) is 9.18 Å². The molecule has 132 valence electrons. The lowest BCUT2D eigenvalue weighted by molar-refractivity contribution is 0.0502. The average Bonchev–Trinajstić information content (AvgIpc) is 2.88. The molecule has 0 aliphatic carbocycles. The van der Waals surface area contributed by atoms with Crippen LogP contribution in [0.1, 0.15) is 37.6 Å². The average molecular weight is 422 g/mol. The number of alkyl carbamates (subject to hydrolysis) is 1. The van der Waals surface area contributed by atoms with Crippen molar-refractivity contribution >= 4 is 39.5 Å². The second-order valence-electron chi connectivity index (χ2n) is 6.63. The maximum absolute atomic E-state index is 13.7. The van der Waals surface area contributed by atoms with Crippen LogP contribution >= 0.6 is 27.5 Å². The summed E-state index contributed by atoms with van der Waals surface area (Å²) in [5.74, 6) is -0.912. The highest BCUT2D eigenvalue weighted by Crippen LogP contribution is 2.26. The molecule has 1 atom stereocenters. The first-order valence-corrected chi connectivity index (χ1v) is 8.67. The van der Waals surface area contributed by atoms with Crippen molar-refractivity contribution in [2.24, 2.45) is 0 Å². The van der Waals surface area contributed by atoms with E-state index in [1.807, 2.05) is 0 Å². The molecule has 1 aromatic rings. The highest BCUT2D eigenvalue weighted by atomic mass is 79.9. The van der Waals surface area contributed by atoms with Gasteiger partial charge in [0.2, 0.25) is 0 Å². The molecule has 1 heterocycles. The molecule has 1 aliphatic heterocycles. The van der Waals surface area contributed by atoms with Crippen molar-refractivity contribution in [1.82, 2.24) is 10.2 Å². The summed E-state index contributed by atoms with van der Waals surface area (Å²) >= 11 is 9.06. The van der Waals surface area contributed by atoms with Crippen LogP contribution in [0, 0.1) is 5.82 Å². The largest absolute Gasteiger partial charge is 0.444 e. The van der Waals surface area contributed by atoms with E-state index >= 15 is 0 Å². The third kappa shape index (κ3) is 4.83. The first-order valence-electron chi connectivity index (χ1n) is 7.50. The molecule has 24 heavy (non-hydrogen) atoms. The summed E-state index contributed by atoms with van der Waals surface area (Å²) < 4.78 is 19.1. The van der Waals surface area contributed by atoms with Gasteiger partial charge >= 0.3 is 6.09 Å². The molecule has 1 aliphatic rings. The topological polar surface area (TPSA) is 58.6 Å². The maximum atomic E-state index is 13.7. The Kier molecular flexibility index (Phi) is 5.75. The zero-order valence-electron chi connectivity index (χ0n) is 13.7. The molecule has 0 bridgehead atoms. The molecule has 2 amide bonds. The third-order valence-electron chi connectivity index (χ3n) is 3.44. The molecule has 0 spiro atoms. The van der Waals surface area contributed by atoms with Gasteiger partial charge in [0.25, 0.3) is 5.91 Å². The molecule has 0 unspecified atom stereocenters. The Morgan fingerprint density at radius 2 is 2.08 bits per heavy atom. The van der Waals surface area contributed by atoms with Crippen molar-refractivity contribution in [3.05, 3.63) is 33.0 Å². The SMILES string of the molecule is CC(C)(C)OC(=O)N[C@@H]1CCN(C(=O)c2cc(F)c(Br)cc2Cl)C1. The van der Waals surface area contributed by atoms with Gasteiger partial charge in [0.1, 0.15) is 11.4 Å². The van der Waals surface area contributed by atoms with E-state index < -0.39 is 17.5 Å². The molecule has 8 heteroatoms. The Bertz CT molecular complexity index is 663. The van der Waals surface area contributed by atoms with Crippen LogP contribution in [-0.4, -0.2) is 41.6 Å². The van der Waals surface area contributed by atoms with Crippen LogP contribution in [0.2, 0.25) is 5.02 Å². The van der Waals surface area contributed by atoms with E-state index in [1.165, 1.54) is 11.0 Å². The van der Waals surface area contributed by atoms with Crippen molar-refractivity contribution in [1.29, 1.82) is 0 Å². The molecule has 0 aromatic heterocycles. The number of hydrogen-bond acceptors (Lipinski definition) is 3. The summed E-state index contributed by atoms with van der Waals surface area (Å²) in [5.41, 5.74) is -0.476. The molecule has 1 aromatic carbocycles. The Morgan fingerprint density at radius 3 is 2.71 bits per heavy atom. The molecule has 0 radical (unpaired) electrons. The lowest BCUT2D eigenvalue weighted by Crippen LogP contribution is -2.41. The predicted molar refractivity (Wildman–Crippen MR) is 92.8 cm³/mol. The van der Waals surface area contributed by atoms with Crippen LogP contribution in [0.5, 0.6) is 0 Å². The lowest BCUT2D eigenvalue weighted by atomic mass is 10.2. The Morgan fingerprint density at radius 1 is 1.42 bits per heavy atom. The van der Waals surface area contributed by atoms with Gasteiger partial charge in [0.05, 0.1) is 21.1 Å². The monoisotopic (exact) mass is 420 g/mol. The number of rotatable bonds is 2. The smallest absolute Gasteiger partial charge is 0.407 e. The van der Waals surface area contributed by atoms with Gasteiger partial charge in [-0.1, -0.05) is 11.6 Å².